The van der Waals surface area contributed by atoms with E-state index in [9.17, 15) is 4.79 Å². The van der Waals surface area contributed by atoms with Crippen molar-refractivity contribution in [3.63, 3.8) is 0 Å². The highest BCUT2D eigenvalue weighted by molar-refractivity contribution is 6.31. The van der Waals surface area contributed by atoms with Gasteiger partial charge >= 0.3 is 0 Å². The predicted molar refractivity (Wildman–Crippen MR) is 108 cm³/mol. The third-order valence-corrected chi connectivity index (χ3v) is 5.04. The molecule has 0 bridgehead atoms. The van der Waals surface area contributed by atoms with Crippen molar-refractivity contribution in [3.8, 4) is 17.0 Å². The molecule has 1 atom stereocenters. The Balaban J connectivity index is 1.52. The number of carbonyl (C=O) groups is 1. The van der Waals surface area contributed by atoms with E-state index in [1.807, 2.05) is 42.5 Å². The fourth-order valence-electron chi connectivity index (χ4n) is 3.41. The lowest BCUT2D eigenvalue weighted by atomic mass is 10.0. The number of hydrogen-bond acceptors (Lipinski definition) is 4. The van der Waals surface area contributed by atoms with Crippen molar-refractivity contribution in [1.82, 2.24) is 4.98 Å². The van der Waals surface area contributed by atoms with E-state index in [1.54, 1.807) is 18.3 Å². The minimum Gasteiger partial charge on any atom is -0.471 e. The summed E-state index contributed by atoms with van der Waals surface area (Å²) in [6.45, 7) is 1.51. The van der Waals surface area contributed by atoms with E-state index in [0.29, 0.717) is 23.0 Å². The molecule has 3 aromatic rings. The van der Waals surface area contributed by atoms with E-state index in [1.165, 1.54) is 0 Å². The first-order valence-corrected chi connectivity index (χ1v) is 9.29. The van der Waals surface area contributed by atoms with Crippen LogP contribution in [0.4, 0.5) is 5.69 Å². The van der Waals surface area contributed by atoms with Crippen molar-refractivity contribution >= 4 is 23.6 Å². The molecule has 1 aliphatic heterocycles. The predicted octanol–water partition coefficient (Wildman–Crippen LogP) is 4.87. The van der Waals surface area contributed by atoms with Crippen LogP contribution < -0.4 is 9.64 Å². The maximum Gasteiger partial charge on any atom is 0.232 e. The second-order valence-electron chi connectivity index (χ2n) is 6.52. The van der Waals surface area contributed by atoms with Gasteiger partial charge < -0.3 is 9.64 Å². The van der Waals surface area contributed by atoms with Crippen LogP contribution in [-0.4, -0.2) is 30.5 Å². The largest absolute Gasteiger partial charge is 0.471 e. The zero-order chi connectivity index (χ0) is 18.6. The van der Waals surface area contributed by atoms with E-state index in [-0.39, 0.29) is 6.10 Å². The minimum atomic E-state index is -0.00861. The van der Waals surface area contributed by atoms with Gasteiger partial charge in [-0.1, -0.05) is 48.0 Å². The molecule has 0 aliphatic carbocycles. The van der Waals surface area contributed by atoms with Crippen molar-refractivity contribution in [2.45, 2.75) is 12.5 Å². The molecule has 2 heterocycles. The number of aldehydes is 1. The lowest BCUT2D eigenvalue weighted by Gasteiger charge is -2.21. The van der Waals surface area contributed by atoms with Crippen molar-refractivity contribution in [2.75, 3.05) is 18.0 Å². The Labute approximate surface area is 163 Å². The number of anilines is 1. The molecule has 1 saturated heterocycles. The molecule has 0 radical (unpaired) electrons. The molecule has 0 amide bonds. The standard InChI is InChI=1S/C22H19ClN2O2/c23-20-7-4-11-24-22(20)27-19-10-12-25(14-19)21-9-8-17(13-18(21)15-26)16-5-2-1-3-6-16/h1-9,11,13,15,19H,10,12,14H2. The van der Waals surface area contributed by atoms with Gasteiger partial charge in [0.1, 0.15) is 11.1 Å². The van der Waals surface area contributed by atoms with Crippen molar-refractivity contribution < 1.29 is 9.53 Å². The average Bonchev–Trinajstić information content (AvgIpc) is 3.18. The molecule has 2 aromatic carbocycles. The molecule has 1 fully saturated rings. The Morgan fingerprint density at radius 2 is 1.93 bits per heavy atom. The van der Waals surface area contributed by atoms with Gasteiger partial charge in [0.25, 0.3) is 0 Å². The van der Waals surface area contributed by atoms with E-state index in [2.05, 4.69) is 16.0 Å². The molecule has 4 rings (SSSR count). The van der Waals surface area contributed by atoms with Gasteiger partial charge in [-0.05, 0) is 35.4 Å². The van der Waals surface area contributed by atoms with Gasteiger partial charge in [-0.25, -0.2) is 4.98 Å². The molecule has 0 spiro atoms. The topological polar surface area (TPSA) is 42.4 Å². The number of benzene rings is 2. The third kappa shape index (κ3) is 3.81. The van der Waals surface area contributed by atoms with Crippen LogP contribution in [0.3, 0.4) is 0 Å². The van der Waals surface area contributed by atoms with E-state index < -0.39 is 0 Å². The molecule has 5 heteroatoms. The molecule has 1 aliphatic rings. The number of pyridine rings is 1. The maximum absolute atomic E-state index is 11.7. The Kier molecular flexibility index (Phi) is 5.07. The van der Waals surface area contributed by atoms with Crippen LogP contribution in [0.2, 0.25) is 5.02 Å². The summed E-state index contributed by atoms with van der Waals surface area (Å²) in [4.78, 5) is 18.1. The Morgan fingerprint density at radius 3 is 2.70 bits per heavy atom. The maximum atomic E-state index is 11.7. The smallest absolute Gasteiger partial charge is 0.232 e. The zero-order valence-electron chi connectivity index (χ0n) is 14.7. The Morgan fingerprint density at radius 1 is 1.07 bits per heavy atom. The van der Waals surface area contributed by atoms with Crippen LogP contribution in [-0.2, 0) is 0 Å². The first-order valence-electron chi connectivity index (χ1n) is 8.91. The van der Waals surface area contributed by atoms with Crippen LogP contribution in [0.5, 0.6) is 5.88 Å². The molecular formula is C22H19ClN2O2. The fourth-order valence-corrected chi connectivity index (χ4v) is 3.57. The van der Waals surface area contributed by atoms with Crippen molar-refractivity contribution in [2.24, 2.45) is 0 Å². The third-order valence-electron chi connectivity index (χ3n) is 4.75. The second kappa shape index (κ2) is 7.80. The second-order valence-corrected chi connectivity index (χ2v) is 6.93. The Bertz CT molecular complexity index is 946. The number of hydrogen-bond donors (Lipinski definition) is 0. The van der Waals surface area contributed by atoms with Crippen molar-refractivity contribution in [3.05, 3.63) is 77.4 Å². The molecule has 0 N–H and O–H groups in total. The number of aromatic nitrogens is 1. The first kappa shape index (κ1) is 17.6. The van der Waals surface area contributed by atoms with Gasteiger partial charge in [0, 0.05) is 30.4 Å². The Hall–Kier alpha value is -2.85. The normalized spacial score (nSPS) is 16.3. The van der Waals surface area contributed by atoms with E-state index in [0.717, 1.165) is 36.1 Å². The summed E-state index contributed by atoms with van der Waals surface area (Å²) >= 11 is 6.13. The monoisotopic (exact) mass is 378 g/mol. The SMILES string of the molecule is O=Cc1cc(-c2ccccc2)ccc1N1CCC(Oc2ncccc2Cl)C1. The molecule has 1 unspecified atom stereocenters. The van der Waals surface area contributed by atoms with Crippen LogP contribution in [0.25, 0.3) is 11.1 Å². The molecule has 4 nitrogen and oxygen atoms in total. The summed E-state index contributed by atoms with van der Waals surface area (Å²) in [5.41, 5.74) is 3.75. The van der Waals surface area contributed by atoms with Gasteiger partial charge in [0.2, 0.25) is 5.88 Å². The zero-order valence-corrected chi connectivity index (χ0v) is 15.5. The summed E-state index contributed by atoms with van der Waals surface area (Å²) in [6.07, 6.45) is 3.43. The number of rotatable bonds is 5. The highest BCUT2D eigenvalue weighted by Crippen LogP contribution is 2.30. The number of nitrogens with zero attached hydrogens (tertiary/aromatic N) is 2. The van der Waals surface area contributed by atoms with Gasteiger partial charge in [0.15, 0.2) is 6.29 Å². The summed E-state index contributed by atoms with van der Waals surface area (Å²) in [6, 6.07) is 19.6. The summed E-state index contributed by atoms with van der Waals surface area (Å²) < 4.78 is 5.95. The van der Waals surface area contributed by atoms with E-state index in [4.69, 9.17) is 16.3 Å². The van der Waals surface area contributed by atoms with Gasteiger partial charge in [-0.3, -0.25) is 4.79 Å². The quantitative estimate of drug-likeness (QED) is 0.594. The number of carbonyl (C=O) groups excluding carboxylic acids is 1. The fraction of sp³-hybridized carbons (Fsp3) is 0.182. The van der Waals surface area contributed by atoms with E-state index >= 15 is 0 Å². The van der Waals surface area contributed by atoms with Crippen LogP contribution in [0.15, 0.2) is 66.9 Å². The number of ether oxygens (including phenoxy) is 1. The van der Waals surface area contributed by atoms with Crippen LogP contribution in [0, 0.1) is 0 Å². The molecular weight excluding hydrogens is 360 g/mol. The first-order chi connectivity index (χ1) is 13.2. The van der Waals surface area contributed by atoms with Gasteiger partial charge in [-0.15, -0.1) is 0 Å². The van der Waals surface area contributed by atoms with Crippen molar-refractivity contribution in [1.29, 1.82) is 0 Å². The summed E-state index contributed by atoms with van der Waals surface area (Å²) in [5.74, 6) is 0.459. The van der Waals surface area contributed by atoms with Crippen LogP contribution >= 0.6 is 11.6 Å². The van der Waals surface area contributed by atoms with Gasteiger partial charge in [-0.2, -0.15) is 0 Å². The molecule has 0 saturated carbocycles. The van der Waals surface area contributed by atoms with Crippen LogP contribution in [0.1, 0.15) is 16.8 Å². The molecule has 136 valence electrons. The highest BCUT2D eigenvalue weighted by atomic mass is 35.5. The molecule has 1 aromatic heterocycles. The molecule has 27 heavy (non-hydrogen) atoms. The summed E-state index contributed by atoms with van der Waals surface area (Å²) in [7, 11) is 0. The minimum absolute atomic E-state index is 0.00861. The van der Waals surface area contributed by atoms with Gasteiger partial charge in [0.05, 0.1) is 6.54 Å². The lowest BCUT2D eigenvalue weighted by molar-refractivity contribution is 0.112. The number of halogens is 1. The highest BCUT2D eigenvalue weighted by Gasteiger charge is 2.26. The average molecular weight is 379 g/mol. The lowest BCUT2D eigenvalue weighted by Crippen LogP contribution is -2.25. The summed E-state index contributed by atoms with van der Waals surface area (Å²) in [5, 5.41) is 0.511.